The van der Waals surface area contributed by atoms with Crippen LogP contribution in [0, 0.1) is 10.1 Å². The van der Waals surface area contributed by atoms with Gasteiger partial charge in [0.05, 0.1) is 47.1 Å². The Bertz CT molecular complexity index is 2020. The number of thiazole rings is 1. The maximum atomic E-state index is 14.0. The Morgan fingerprint density at radius 3 is 2.50 bits per heavy atom. The summed E-state index contributed by atoms with van der Waals surface area (Å²) in [4.78, 5) is 54.4. The van der Waals surface area contributed by atoms with Gasteiger partial charge in [-0.1, -0.05) is 17.4 Å². The lowest BCUT2D eigenvalue weighted by molar-refractivity contribution is -0.384. The fourth-order valence-electron chi connectivity index (χ4n) is 4.85. The number of rotatable bonds is 11. The molecule has 238 valence electrons. The van der Waals surface area contributed by atoms with Crippen LogP contribution in [0.5, 0.6) is 11.5 Å². The largest absolute Gasteiger partial charge is 0.490 e. The summed E-state index contributed by atoms with van der Waals surface area (Å²) in [5.74, 6) is 0.234. The smallest absolute Gasteiger partial charge is 0.343 e. The molecule has 14 heteroatoms. The topological polar surface area (TPSA) is 162 Å². The number of carbonyl (C=O) groups is 2. The van der Waals surface area contributed by atoms with Crippen LogP contribution in [0.25, 0.3) is 17.4 Å². The number of carbonyl (C=O) groups excluding carboxylic acids is 2. The number of nitrogens with zero attached hydrogens (tertiary/aromatic N) is 3. The maximum Gasteiger partial charge on any atom is 0.343 e. The molecule has 0 radical (unpaired) electrons. The molecular formula is C32H29N3O10S. The fraction of sp³-hybridized carbons (Fsp3) is 0.250. The lowest BCUT2D eigenvalue weighted by atomic mass is 9.95. The molecule has 1 aliphatic rings. The van der Waals surface area contributed by atoms with E-state index in [4.69, 9.17) is 18.6 Å². The number of allylic oxidation sites excluding steroid dienone is 1. The van der Waals surface area contributed by atoms with Crippen molar-refractivity contribution in [1.29, 1.82) is 0 Å². The highest BCUT2D eigenvalue weighted by molar-refractivity contribution is 7.07. The molecule has 0 N–H and O–H groups in total. The molecule has 1 atom stereocenters. The fourth-order valence-corrected chi connectivity index (χ4v) is 5.87. The average Bonchev–Trinajstić information content (AvgIpc) is 3.63. The first-order chi connectivity index (χ1) is 22.1. The van der Waals surface area contributed by atoms with Crippen LogP contribution in [0.1, 0.15) is 38.1 Å². The Hall–Kier alpha value is -5.50. The van der Waals surface area contributed by atoms with Crippen LogP contribution in [0.4, 0.5) is 5.69 Å². The van der Waals surface area contributed by atoms with Gasteiger partial charge in [0, 0.05) is 23.8 Å². The maximum absolute atomic E-state index is 14.0. The minimum atomic E-state index is -0.918. The standard InChI is InChI=1S/C32H29N3O10S/c1-5-42-25-15-20(9-13-24(25)44-17-27(36)41-4)29-28(31(38)43-6-2)18(3)33-32-34(29)30(37)26(46-32)16-22-12-14-23(45-22)19-7-10-21(11-8-19)35(39)40/h7-16,29H,5-6,17H2,1-4H3/b26-16+/t29-/m0/s1. The predicted octanol–water partition coefficient (Wildman–Crippen LogP) is 3.92. The third-order valence-corrected chi connectivity index (χ3v) is 7.92. The number of nitro benzene ring substituents is 1. The van der Waals surface area contributed by atoms with E-state index in [9.17, 15) is 24.5 Å². The second kappa shape index (κ2) is 13.6. The summed E-state index contributed by atoms with van der Waals surface area (Å²) in [7, 11) is 1.25. The van der Waals surface area contributed by atoms with E-state index >= 15 is 0 Å². The van der Waals surface area contributed by atoms with Gasteiger partial charge < -0.3 is 23.4 Å². The number of ether oxygens (including phenoxy) is 4. The van der Waals surface area contributed by atoms with Gasteiger partial charge >= 0.3 is 11.9 Å². The second-order valence-electron chi connectivity index (χ2n) is 9.81. The van der Waals surface area contributed by atoms with E-state index in [1.807, 2.05) is 0 Å². The van der Waals surface area contributed by atoms with Crippen LogP contribution in [0.3, 0.4) is 0 Å². The summed E-state index contributed by atoms with van der Waals surface area (Å²) < 4.78 is 29.1. The SMILES string of the molecule is CCOC(=O)C1=C(C)N=c2s/c(=C/c3ccc(-c4ccc([N+](=O)[O-])cc4)o3)c(=O)n2[C@H]1c1ccc(OCC(=O)OC)c(OCC)c1. The first-order valence-electron chi connectivity index (χ1n) is 14.2. The number of hydrogen-bond acceptors (Lipinski definition) is 12. The first kappa shape index (κ1) is 31.9. The zero-order valence-electron chi connectivity index (χ0n) is 25.3. The molecule has 0 unspecified atom stereocenters. The Balaban J connectivity index is 1.59. The van der Waals surface area contributed by atoms with Gasteiger partial charge in [-0.15, -0.1) is 0 Å². The minimum Gasteiger partial charge on any atom is -0.490 e. The summed E-state index contributed by atoms with van der Waals surface area (Å²) >= 11 is 1.13. The van der Waals surface area contributed by atoms with Crippen molar-refractivity contribution in [1.82, 2.24) is 4.57 Å². The first-order valence-corrected chi connectivity index (χ1v) is 15.0. The molecule has 5 rings (SSSR count). The molecule has 0 fully saturated rings. The Kier molecular flexibility index (Phi) is 9.47. The number of esters is 2. The summed E-state index contributed by atoms with van der Waals surface area (Å²) in [6.45, 7) is 5.22. The minimum absolute atomic E-state index is 0.0413. The van der Waals surface area contributed by atoms with E-state index in [1.54, 1.807) is 69.3 Å². The van der Waals surface area contributed by atoms with E-state index in [-0.39, 0.29) is 36.8 Å². The summed E-state index contributed by atoms with van der Waals surface area (Å²) in [5, 5.41) is 11.0. The van der Waals surface area contributed by atoms with E-state index in [2.05, 4.69) is 9.73 Å². The van der Waals surface area contributed by atoms with Gasteiger partial charge in [0.25, 0.3) is 11.2 Å². The van der Waals surface area contributed by atoms with Crippen LogP contribution < -0.4 is 24.4 Å². The molecule has 0 amide bonds. The molecule has 0 bridgehead atoms. The summed E-state index contributed by atoms with van der Waals surface area (Å²) in [6.07, 6.45) is 1.58. The van der Waals surface area contributed by atoms with Crippen molar-refractivity contribution in [2.24, 2.45) is 4.99 Å². The number of non-ortho nitro benzene ring substituents is 1. The third kappa shape index (κ3) is 6.47. The van der Waals surface area contributed by atoms with Gasteiger partial charge in [0.2, 0.25) is 0 Å². The number of fused-ring (bicyclic) bond motifs is 1. The van der Waals surface area contributed by atoms with Crippen molar-refractivity contribution in [3.63, 3.8) is 0 Å². The molecule has 46 heavy (non-hydrogen) atoms. The lowest BCUT2D eigenvalue weighted by Crippen LogP contribution is -2.40. The van der Waals surface area contributed by atoms with Crippen molar-refractivity contribution in [2.75, 3.05) is 26.9 Å². The molecule has 2 aromatic carbocycles. The Labute approximate surface area is 265 Å². The van der Waals surface area contributed by atoms with Gasteiger partial charge in [-0.2, -0.15) is 0 Å². The Morgan fingerprint density at radius 2 is 1.83 bits per heavy atom. The molecule has 1 aliphatic heterocycles. The predicted molar refractivity (Wildman–Crippen MR) is 166 cm³/mol. The zero-order chi connectivity index (χ0) is 33.0. The van der Waals surface area contributed by atoms with Crippen molar-refractivity contribution < 1.29 is 37.9 Å². The van der Waals surface area contributed by atoms with Crippen LogP contribution in [-0.4, -0.2) is 48.4 Å². The number of nitro groups is 1. The lowest BCUT2D eigenvalue weighted by Gasteiger charge is -2.25. The number of methoxy groups -OCH3 is 1. The molecule has 2 aromatic heterocycles. The van der Waals surface area contributed by atoms with Gasteiger partial charge in [0.15, 0.2) is 22.9 Å². The van der Waals surface area contributed by atoms with E-state index in [0.29, 0.717) is 43.4 Å². The van der Waals surface area contributed by atoms with Crippen molar-refractivity contribution in [3.8, 4) is 22.8 Å². The normalized spacial score (nSPS) is 14.3. The highest BCUT2D eigenvalue weighted by Crippen LogP contribution is 2.36. The summed E-state index contributed by atoms with van der Waals surface area (Å²) in [6, 6.07) is 13.3. The quantitative estimate of drug-likeness (QED) is 0.133. The molecule has 0 aliphatic carbocycles. The molecule has 0 saturated heterocycles. The van der Waals surface area contributed by atoms with Crippen molar-refractivity contribution in [3.05, 3.63) is 107 Å². The van der Waals surface area contributed by atoms with E-state index < -0.39 is 28.5 Å². The van der Waals surface area contributed by atoms with Crippen molar-refractivity contribution >= 4 is 35.0 Å². The Morgan fingerprint density at radius 1 is 1.07 bits per heavy atom. The molecule has 0 saturated carbocycles. The van der Waals surface area contributed by atoms with Gasteiger partial charge in [0.1, 0.15) is 11.5 Å². The molecule has 4 aromatic rings. The number of aromatic nitrogens is 1. The molecule has 0 spiro atoms. The zero-order valence-corrected chi connectivity index (χ0v) is 26.1. The van der Waals surface area contributed by atoms with Gasteiger partial charge in [-0.3, -0.25) is 19.5 Å². The molecule has 3 heterocycles. The van der Waals surface area contributed by atoms with Crippen LogP contribution in [0.15, 0.2) is 80.1 Å². The highest BCUT2D eigenvalue weighted by Gasteiger charge is 2.34. The average molecular weight is 648 g/mol. The second-order valence-corrected chi connectivity index (χ2v) is 10.8. The van der Waals surface area contributed by atoms with Gasteiger partial charge in [-0.25, -0.2) is 14.6 Å². The molecular weight excluding hydrogens is 618 g/mol. The van der Waals surface area contributed by atoms with Crippen LogP contribution in [0.2, 0.25) is 0 Å². The molecule has 13 nitrogen and oxygen atoms in total. The summed E-state index contributed by atoms with van der Waals surface area (Å²) in [5.41, 5.74) is 1.27. The van der Waals surface area contributed by atoms with Crippen LogP contribution >= 0.6 is 11.3 Å². The monoisotopic (exact) mass is 647 g/mol. The highest BCUT2D eigenvalue weighted by atomic mass is 32.1. The van der Waals surface area contributed by atoms with E-state index in [0.717, 1.165) is 11.3 Å². The van der Waals surface area contributed by atoms with E-state index in [1.165, 1.54) is 23.8 Å². The van der Waals surface area contributed by atoms with Crippen molar-refractivity contribution in [2.45, 2.75) is 26.8 Å². The number of hydrogen-bond donors (Lipinski definition) is 0. The third-order valence-electron chi connectivity index (χ3n) is 6.94. The number of benzene rings is 2. The van der Waals surface area contributed by atoms with Gasteiger partial charge in [-0.05, 0) is 62.7 Å². The van der Waals surface area contributed by atoms with Crippen LogP contribution in [-0.2, 0) is 19.1 Å². The number of furan rings is 1.